The van der Waals surface area contributed by atoms with Gasteiger partial charge in [-0.3, -0.25) is 4.79 Å². The fourth-order valence-electron chi connectivity index (χ4n) is 4.10. The summed E-state index contributed by atoms with van der Waals surface area (Å²) in [7, 11) is 0. The van der Waals surface area contributed by atoms with Crippen LogP contribution >= 0.6 is 0 Å². The Balaban J connectivity index is 2.07. The van der Waals surface area contributed by atoms with E-state index in [2.05, 4.69) is 18.7 Å². The number of allylic oxidation sites excluding steroid dienone is 4. The summed E-state index contributed by atoms with van der Waals surface area (Å²) in [5.74, 6) is 0.439. The van der Waals surface area contributed by atoms with Crippen LogP contribution in [0.2, 0.25) is 0 Å². The lowest BCUT2D eigenvalue weighted by molar-refractivity contribution is 0.0844. The minimum absolute atomic E-state index is 0.0308. The molecule has 35 heavy (non-hydrogen) atoms. The number of hydrogen-bond acceptors (Lipinski definition) is 5. The maximum absolute atomic E-state index is 13.1. The molecule has 0 spiro atoms. The third-order valence-electron chi connectivity index (χ3n) is 6.26. The SMILES string of the molecule is C=C(C)C(O)Cc1c(O)ccc2c1OC(c1cc(CC=C(C)C)c(O)c(CC=C(C)C)c1)CC2=O. The number of hydrogen-bond donors (Lipinski definition) is 3. The molecule has 5 nitrogen and oxygen atoms in total. The van der Waals surface area contributed by atoms with Crippen LogP contribution in [-0.2, 0) is 19.3 Å². The van der Waals surface area contributed by atoms with Crippen LogP contribution in [-0.4, -0.2) is 27.2 Å². The average molecular weight is 477 g/mol. The van der Waals surface area contributed by atoms with Crippen LogP contribution in [0.3, 0.4) is 0 Å². The van der Waals surface area contributed by atoms with Crippen molar-refractivity contribution in [2.45, 2.75) is 72.5 Å². The highest BCUT2D eigenvalue weighted by Crippen LogP contribution is 2.42. The van der Waals surface area contributed by atoms with Gasteiger partial charge in [0.2, 0.25) is 0 Å². The number of aliphatic hydroxyl groups excluding tert-OH is 1. The Labute approximate surface area is 208 Å². The maximum atomic E-state index is 13.1. The van der Waals surface area contributed by atoms with Crippen molar-refractivity contribution < 1.29 is 24.9 Å². The van der Waals surface area contributed by atoms with Crippen LogP contribution in [0.15, 0.2) is 59.7 Å². The molecule has 186 valence electrons. The molecule has 2 aromatic rings. The molecule has 2 atom stereocenters. The van der Waals surface area contributed by atoms with Gasteiger partial charge in [0.1, 0.15) is 23.4 Å². The normalized spacial score (nSPS) is 15.6. The molecule has 0 aromatic heterocycles. The molecule has 2 aromatic carbocycles. The Kier molecular flexibility index (Phi) is 8.23. The molecule has 0 saturated carbocycles. The van der Waals surface area contributed by atoms with Gasteiger partial charge in [-0.25, -0.2) is 0 Å². The molecule has 0 fully saturated rings. The monoisotopic (exact) mass is 476 g/mol. The summed E-state index contributed by atoms with van der Waals surface area (Å²) in [6.45, 7) is 13.5. The van der Waals surface area contributed by atoms with Crippen molar-refractivity contribution >= 4 is 5.78 Å². The molecular formula is C30H36O5. The van der Waals surface area contributed by atoms with E-state index in [4.69, 9.17) is 4.74 Å². The number of carbonyl (C=O) groups excluding carboxylic acids is 1. The summed E-state index contributed by atoms with van der Waals surface area (Å²) >= 11 is 0. The van der Waals surface area contributed by atoms with E-state index in [1.165, 1.54) is 6.07 Å². The highest BCUT2D eigenvalue weighted by Gasteiger charge is 2.32. The smallest absolute Gasteiger partial charge is 0.170 e. The molecule has 0 radical (unpaired) electrons. The number of ether oxygens (including phenoxy) is 1. The van der Waals surface area contributed by atoms with Crippen LogP contribution in [0.1, 0.15) is 79.8 Å². The summed E-state index contributed by atoms with van der Waals surface area (Å²) in [5, 5.41) is 31.9. The zero-order valence-corrected chi connectivity index (χ0v) is 21.3. The van der Waals surface area contributed by atoms with Crippen LogP contribution < -0.4 is 4.74 Å². The second kappa shape index (κ2) is 11.0. The Morgan fingerprint density at radius 2 is 1.63 bits per heavy atom. The van der Waals surface area contributed by atoms with Gasteiger partial charge in [-0.15, -0.1) is 0 Å². The standard InChI is InChI=1S/C30H36O5/c1-17(2)7-9-20-13-22(14-21(29(20)34)10-8-18(3)4)28-16-27(33)23-11-12-25(31)24(30(23)35-28)15-26(32)19(5)6/h7-8,11-14,26,28,31-32,34H,5,9-10,15-16H2,1-4,6H3. The van der Waals surface area contributed by atoms with E-state index in [9.17, 15) is 20.1 Å². The molecule has 2 unspecified atom stereocenters. The minimum atomic E-state index is -0.869. The number of carbonyl (C=O) groups is 1. The highest BCUT2D eigenvalue weighted by molar-refractivity contribution is 6.00. The first kappa shape index (κ1) is 26.3. The average Bonchev–Trinajstić information content (AvgIpc) is 2.78. The van der Waals surface area contributed by atoms with Gasteiger partial charge in [-0.05, 0) is 88.4 Å². The Hall–Kier alpha value is -3.31. The van der Waals surface area contributed by atoms with Crippen molar-refractivity contribution in [2.75, 3.05) is 0 Å². The molecule has 0 bridgehead atoms. The third kappa shape index (κ3) is 6.23. The van der Waals surface area contributed by atoms with Gasteiger partial charge in [0.05, 0.1) is 18.1 Å². The summed E-state index contributed by atoms with van der Waals surface area (Å²) in [6.07, 6.45) is 4.05. The van der Waals surface area contributed by atoms with Gasteiger partial charge in [-0.1, -0.05) is 35.5 Å². The van der Waals surface area contributed by atoms with E-state index < -0.39 is 12.2 Å². The molecule has 1 heterocycles. The first-order valence-corrected chi connectivity index (χ1v) is 12.0. The number of rotatable bonds is 8. The quantitative estimate of drug-likeness (QED) is 0.389. The fraction of sp³-hybridized carbons (Fsp3) is 0.367. The number of ketones is 1. The third-order valence-corrected chi connectivity index (χ3v) is 6.26. The van der Waals surface area contributed by atoms with Gasteiger partial charge in [0.15, 0.2) is 5.78 Å². The van der Waals surface area contributed by atoms with Crippen molar-refractivity contribution in [2.24, 2.45) is 0 Å². The predicted molar refractivity (Wildman–Crippen MR) is 139 cm³/mol. The molecule has 0 aliphatic carbocycles. The summed E-state index contributed by atoms with van der Waals surface area (Å²) < 4.78 is 6.35. The molecule has 3 rings (SSSR count). The number of benzene rings is 2. The number of phenolic OH excluding ortho intramolecular Hbond substituents is 2. The summed E-state index contributed by atoms with van der Waals surface area (Å²) in [4.78, 5) is 13.1. The molecule has 1 aliphatic heterocycles. The minimum Gasteiger partial charge on any atom is -0.508 e. The maximum Gasteiger partial charge on any atom is 0.170 e. The summed E-state index contributed by atoms with van der Waals surface area (Å²) in [6, 6.07) is 6.83. The summed E-state index contributed by atoms with van der Waals surface area (Å²) in [5.41, 5.74) is 6.00. The van der Waals surface area contributed by atoms with Crippen molar-refractivity contribution in [3.8, 4) is 17.2 Å². The largest absolute Gasteiger partial charge is 0.508 e. The van der Waals surface area contributed by atoms with E-state index >= 15 is 0 Å². The molecule has 5 heteroatoms. The van der Waals surface area contributed by atoms with Gasteiger partial charge in [-0.2, -0.15) is 0 Å². The van der Waals surface area contributed by atoms with E-state index in [0.29, 0.717) is 35.3 Å². The van der Waals surface area contributed by atoms with Gasteiger partial charge >= 0.3 is 0 Å². The Bertz CT molecular complexity index is 1150. The molecule has 3 N–H and O–H groups in total. The Morgan fingerprint density at radius 1 is 1.06 bits per heavy atom. The second-order valence-corrected chi connectivity index (χ2v) is 9.90. The van der Waals surface area contributed by atoms with Crippen molar-refractivity contribution in [3.63, 3.8) is 0 Å². The zero-order valence-electron chi connectivity index (χ0n) is 21.3. The number of phenols is 2. The number of fused-ring (bicyclic) bond motifs is 1. The lowest BCUT2D eigenvalue weighted by Gasteiger charge is -2.29. The van der Waals surface area contributed by atoms with Crippen molar-refractivity contribution in [1.29, 1.82) is 0 Å². The molecule has 0 amide bonds. The first-order valence-electron chi connectivity index (χ1n) is 12.0. The molecule has 0 saturated heterocycles. The topological polar surface area (TPSA) is 87.0 Å². The van der Waals surface area contributed by atoms with E-state index in [1.807, 2.05) is 39.8 Å². The van der Waals surface area contributed by atoms with Crippen LogP contribution in [0.5, 0.6) is 17.2 Å². The zero-order chi connectivity index (χ0) is 25.9. The van der Waals surface area contributed by atoms with Gasteiger partial charge in [0, 0.05) is 12.0 Å². The lowest BCUT2D eigenvalue weighted by Crippen LogP contribution is -2.23. The first-order chi connectivity index (χ1) is 16.5. The van der Waals surface area contributed by atoms with Gasteiger partial charge < -0.3 is 20.1 Å². The predicted octanol–water partition coefficient (Wildman–Crippen LogP) is 6.30. The highest BCUT2D eigenvalue weighted by atomic mass is 16.5. The van der Waals surface area contributed by atoms with Crippen LogP contribution in [0, 0.1) is 0 Å². The van der Waals surface area contributed by atoms with E-state index in [0.717, 1.165) is 27.8 Å². The molecular weight excluding hydrogens is 440 g/mol. The second-order valence-electron chi connectivity index (χ2n) is 9.90. The van der Waals surface area contributed by atoms with E-state index in [1.54, 1.807) is 13.0 Å². The van der Waals surface area contributed by atoms with Gasteiger partial charge in [0.25, 0.3) is 0 Å². The number of aromatic hydroxyl groups is 2. The fourth-order valence-corrected chi connectivity index (χ4v) is 4.10. The Morgan fingerprint density at radius 3 is 2.14 bits per heavy atom. The van der Waals surface area contributed by atoms with Crippen molar-refractivity contribution in [1.82, 2.24) is 0 Å². The number of aliphatic hydroxyl groups is 1. The van der Waals surface area contributed by atoms with E-state index in [-0.39, 0.29) is 30.1 Å². The number of Topliss-reactive ketones (excluding diaryl/α,β-unsaturated/α-hetero) is 1. The lowest BCUT2D eigenvalue weighted by atomic mass is 9.89. The van der Waals surface area contributed by atoms with Crippen LogP contribution in [0.4, 0.5) is 0 Å². The van der Waals surface area contributed by atoms with Crippen LogP contribution in [0.25, 0.3) is 0 Å². The van der Waals surface area contributed by atoms with Crippen molar-refractivity contribution in [3.05, 3.63) is 87.5 Å². The molecule has 1 aliphatic rings.